The van der Waals surface area contributed by atoms with Crippen molar-refractivity contribution >= 4 is 26.0 Å². The van der Waals surface area contributed by atoms with Crippen LogP contribution in [0.4, 0.5) is 0 Å². The van der Waals surface area contributed by atoms with E-state index in [2.05, 4.69) is 21.2 Å². The van der Waals surface area contributed by atoms with Crippen molar-refractivity contribution in [3.63, 3.8) is 0 Å². The number of benzene rings is 2. The number of piperazine rings is 1. The van der Waals surface area contributed by atoms with Crippen LogP contribution in [0.3, 0.4) is 0 Å². The number of rotatable bonds is 4. The van der Waals surface area contributed by atoms with Gasteiger partial charge in [0.25, 0.3) is 0 Å². The molecule has 0 spiro atoms. The molecule has 25 heavy (non-hydrogen) atoms. The fraction of sp³-hybridized carbons (Fsp3) is 0.333. The minimum absolute atomic E-state index is 0.183. The summed E-state index contributed by atoms with van der Waals surface area (Å²) < 4.78 is 34.3. The molecular weight excluding hydrogens is 404 g/mol. The van der Waals surface area contributed by atoms with Crippen molar-refractivity contribution < 1.29 is 13.2 Å². The molecule has 0 unspecified atom stereocenters. The standard InChI is InChI=1S/C18H21BrN2O3S/c1-13-9-14(2)11-16(10-13)24-17-4-3-15(19)12-18(17)25(22,23)21-7-5-20-6-8-21/h3-4,9-12,20H,5-8H2,1-2H3. The number of ether oxygens (including phenoxy) is 1. The van der Waals surface area contributed by atoms with Gasteiger partial charge in [0.1, 0.15) is 16.4 Å². The monoisotopic (exact) mass is 424 g/mol. The summed E-state index contributed by atoms with van der Waals surface area (Å²) in [6, 6.07) is 10.9. The molecule has 1 fully saturated rings. The van der Waals surface area contributed by atoms with Crippen molar-refractivity contribution in [2.45, 2.75) is 18.7 Å². The van der Waals surface area contributed by atoms with Crippen molar-refractivity contribution in [3.8, 4) is 11.5 Å². The van der Waals surface area contributed by atoms with E-state index in [0.717, 1.165) is 11.1 Å². The van der Waals surface area contributed by atoms with Crippen molar-refractivity contribution in [2.75, 3.05) is 26.2 Å². The van der Waals surface area contributed by atoms with Gasteiger partial charge < -0.3 is 10.1 Å². The predicted octanol–water partition coefficient (Wildman–Crippen LogP) is 3.45. The highest BCUT2D eigenvalue weighted by molar-refractivity contribution is 9.10. The Labute approximate surface area is 157 Å². The molecule has 0 aromatic heterocycles. The molecule has 134 valence electrons. The number of nitrogens with one attached hydrogen (secondary N) is 1. The lowest BCUT2D eigenvalue weighted by molar-refractivity contribution is 0.358. The number of hydrogen-bond donors (Lipinski definition) is 1. The van der Waals surface area contributed by atoms with Gasteiger partial charge in [-0.05, 0) is 55.3 Å². The second-order valence-corrected chi connectivity index (χ2v) is 8.99. The van der Waals surface area contributed by atoms with Gasteiger partial charge in [-0.25, -0.2) is 8.42 Å². The first kappa shape index (κ1) is 18.4. The summed E-state index contributed by atoms with van der Waals surface area (Å²) in [5.41, 5.74) is 2.14. The van der Waals surface area contributed by atoms with Gasteiger partial charge in [0.15, 0.2) is 0 Å². The number of aryl methyl sites for hydroxylation is 2. The average molecular weight is 425 g/mol. The van der Waals surface area contributed by atoms with Gasteiger partial charge >= 0.3 is 0 Å². The lowest BCUT2D eigenvalue weighted by Crippen LogP contribution is -2.46. The number of nitrogens with zero attached hydrogens (tertiary/aromatic N) is 1. The van der Waals surface area contributed by atoms with Gasteiger partial charge in [0, 0.05) is 30.7 Å². The summed E-state index contributed by atoms with van der Waals surface area (Å²) >= 11 is 3.37. The van der Waals surface area contributed by atoms with Crippen LogP contribution in [0, 0.1) is 13.8 Å². The molecule has 2 aromatic carbocycles. The maximum absolute atomic E-state index is 13.1. The van der Waals surface area contributed by atoms with E-state index in [1.807, 2.05) is 32.0 Å². The first-order valence-corrected chi connectivity index (χ1v) is 10.4. The molecule has 0 aliphatic carbocycles. The highest BCUT2D eigenvalue weighted by Gasteiger charge is 2.29. The van der Waals surface area contributed by atoms with Crippen LogP contribution in [0.1, 0.15) is 11.1 Å². The van der Waals surface area contributed by atoms with Gasteiger partial charge in [-0.1, -0.05) is 22.0 Å². The molecule has 1 aliphatic rings. The highest BCUT2D eigenvalue weighted by Crippen LogP contribution is 2.34. The number of sulfonamides is 1. The molecule has 1 aliphatic heterocycles. The quantitative estimate of drug-likeness (QED) is 0.816. The summed E-state index contributed by atoms with van der Waals surface area (Å²) in [7, 11) is -3.62. The molecule has 5 nitrogen and oxygen atoms in total. The molecule has 7 heteroatoms. The molecule has 0 atom stereocenters. The Balaban J connectivity index is 2.00. The average Bonchev–Trinajstić information content (AvgIpc) is 2.56. The van der Waals surface area contributed by atoms with E-state index in [9.17, 15) is 8.42 Å². The lowest BCUT2D eigenvalue weighted by atomic mass is 10.1. The molecule has 0 saturated carbocycles. The van der Waals surface area contributed by atoms with Gasteiger partial charge in [-0.2, -0.15) is 4.31 Å². The maximum Gasteiger partial charge on any atom is 0.246 e. The first-order valence-electron chi connectivity index (χ1n) is 8.13. The molecule has 2 aromatic rings. The van der Waals surface area contributed by atoms with E-state index in [0.29, 0.717) is 42.2 Å². The SMILES string of the molecule is Cc1cc(C)cc(Oc2ccc(Br)cc2S(=O)(=O)N2CCNCC2)c1. The van der Waals surface area contributed by atoms with Gasteiger partial charge in [-0.15, -0.1) is 0 Å². The Morgan fingerprint density at radius 3 is 2.32 bits per heavy atom. The van der Waals surface area contributed by atoms with Crippen molar-refractivity contribution in [2.24, 2.45) is 0 Å². The summed E-state index contributed by atoms with van der Waals surface area (Å²) in [6.07, 6.45) is 0. The van der Waals surface area contributed by atoms with Crippen molar-refractivity contribution in [1.82, 2.24) is 9.62 Å². The summed E-state index contributed by atoms with van der Waals surface area (Å²) in [6.45, 7) is 6.19. The van der Waals surface area contributed by atoms with Crippen LogP contribution in [0.15, 0.2) is 45.8 Å². The molecule has 1 heterocycles. The Kier molecular flexibility index (Phi) is 5.48. The molecule has 1 N–H and O–H groups in total. The topological polar surface area (TPSA) is 58.6 Å². The van der Waals surface area contributed by atoms with E-state index in [4.69, 9.17) is 4.74 Å². The fourth-order valence-corrected chi connectivity index (χ4v) is 5.00. The first-order chi connectivity index (χ1) is 11.9. The summed E-state index contributed by atoms with van der Waals surface area (Å²) in [5.74, 6) is 0.975. The Morgan fingerprint density at radius 1 is 1.04 bits per heavy atom. The third-order valence-electron chi connectivity index (χ3n) is 4.02. The second kappa shape index (κ2) is 7.45. The van der Waals surface area contributed by atoms with E-state index in [1.54, 1.807) is 18.2 Å². The van der Waals surface area contributed by atoms with Crippen LogP contribution in [0.25, 0.3) is 0 Å². The lowest BCUT2D eigenvalue weighted by Gasteiger charge is -2.27. The van der Waals surface area contributed by atoms with Crippen molar-refractivity contribution in [3.05, 3.63) is 52.0 Å². The molecule has 1 saturated heterocycles. The fourth-order valence-electron chi connectivity index (χ4n) is 2.91. The number of halogens is 1. The Bertz CT molecular complexity index is 858. The van der Waals surface area contributed by atoms with Gasteiger partial charge in [0.2, 0.25) is 10.0 Å². The molecule has 3 rings (SSSR count). The highest BCUT2D eigenvalue weighted by atomic mass is 79.9. The van der Waals surface area contributed by atoms with Crippen LogP contribution >= 0.6 is 15.9 Å². The molecule has 0 radical (unpaired) electrons. The smallest absolute Gasteiger partial charge is 0.246 e. The largest absolute Gasteiger partial charge is 0.456 e. The summed E-state index contributed by atoms with van der Waals surface area (Å²) in [5, 5.41) is 3.17. The van der Waals surface area contributed by atoms with Gasteiger partial charge in [0.05, 0.1) is 0 Å². The molecule has 0 amide bonds. The van der Waals surface area contributed by atoms with E-state index >= 15 is 0 Å². The van der Waals surface area contributed by atoms with Gasteiger partial charge in [-0.3, -0.25) is 0 Å². The van der Waals surface area contributed by atoms with Crippen LogP contribution in [0.5, 0.6) is 11.5 Å². The van der Waals surface area contributed by atoms with E-state index < -0.39 is 10.0 Å². The third-order valence-corrected chi connectivity index (χ3v) is 6.44. The Morgan fingerprint density at radius 2 is 1.68 bits per heavy atom. The van der Waals surface area contributed by atoms with Crippen molar-refractivity contribution in [1.29, 1.82) is 0 Å². The van der Waals surface area contributed by atoms with Crippen LogP contribution in [0.2, 0.25) is 0 Å². The Hall–Kier alpha value is -1.41. The zero-order valence-electron chi connectivity index (χ0n) is 14.3. The minimum atomic E-state index is -3.62. The minimum Gasteiger partial charge on any atom is -0.456 e. The molecular formula is C18H21BrN2O3S. The van der Waals surface area contributed by atoms with Crippen LogP contribution in [-0.4, -0.2) is 38.9 Å². The second-order valence-electron chi connectivity index (χ2n) is 6.17. The van der Waals surface area contributed by atoms with Crippen LogP contribution in [-0.2, 0) is 10.0 Å². The third kappa shape index (κ3) is 4.23. The normalized spacial score (nSPS) is 16.0. The predicted molar refractivity (Wildman–Crippen MR) is 102 cm³/mol. The van der Waals surface area contributed by atoms with E-state index in [-0.39, 0.29) is 4.90 Å². The van der Waals surface area contributed by atoms with E-state index in [1.165, 1.54) is 4.31 Å². The zero-order valence-corrected chi connectivity index (χ0v) is 16.7. The molecule has 0 bridgehead atoms. The number of hydrogen-bond acceptors (Lipinski definition) is 4. The maximum atomic E-state index is 13.1. The zero-order chi connectivity index (χ0) is 18.0. The van der Waals surface area contributed by atoms with Crippen LogP contribution < -0.4 is 10.1 Å². The summed E-state index contributed by atoms with van der Waals surface area (Å²) in [4.78, 5) is 0.183.